The zero-order chi connectivity index (χ0) is 13.3. The molecule has 1 aromatic rings. The molecule has 3 nitrogen and oxygen atoms in total. The van der Waals surface area contributed by atoms with Gasteiger partial charge in [-0.25, -0.2) is 0 Å². The van der Waals surface area contributed by atoms with Crippen molar-refractivity contribution in [3.63, 3.8) is 0 Å². The number of rotatable bonds is 4. The second-order valence-electron chi connectivity index (χ2n) is 5.56. The van der Waals surface area contributed by atoms with Crippen molar-refractivity contribution in [1.29, 1.82) is 0 Å². The Balaban J connectivity index is 1.66. The third-order valence-corrected chi connectivity index (χ3v) is 5.82. The molecule has 1 aromatic carbocycles. The van der Waals surface area contributed by atoms with Crippen LogP contribution < -0.4 is 10.1 Å². The van der Waals surface area contributed by atoms with Crippen LogP contribution >= 0.6 is 11.8 Å². The number of aromatic hydroxyl groups is 1. The highest BCUT2D eigenvalue weighted by atomic mass is 32.2. The minimum atomic E-state index is 0.264. The molecule has 0 saturated heterocycles. The first kappa shape index (κ1) is 13.1. The highest BCUT2D eigenvalue weighted by Crippen LogP contribution is 2.41. The number of thioether (sulfide) groups is 1. The molecule has 104 valence electrons. The number of fused-ring (bicyclic) bond motifs is 1. The van der Waals surface area contributed by atoms with Crippen molar-refractivity contribution in [2.24, 2.45) is 0 Å². The fourth-order valence-electron chi connectivity index (χ4n) is 3.15. The lowest BCUT2D eigenvalue weighted by Gasteiger charge is -2.28. The molecule has 0 radical (unpaired) electrons. The summed E-state index contributed by atoms with van der Waals surface area (Å²) in [7, 11) is 0. The predicted octanol–water partition coefficient (Wildman–Crippen LogP) is 3.09. The molecule has 0 spiro atoms. The third kappa shape index (κ3) is 2.56. The van der Waals surface area contributed by atoms with Gasteiger partial charge in [0.1, 0.15) is 18.1 Å². The minimum absolute atomic E-state index is 0.264. The number of benzene rings is 1. The van der Waals surface area contributed by atoms with E-state index >= 15 is 0 Å². The summed E-state index contributed by atoms with van der Waals surface area (Å²) in [6.07, 6.45) is 7.57. The Hall–Kier alpha value is -0.870. The molecule has 3 rings (SSSR count). The van der Waals surface area contributed by atoms with Gasteiger partial charge < -0.3 is 15.2 Å². The number of hydrogen-bond acceptors (Lipinski definition) is 4. The lowest BCUT2D eigenvalue weighted by Crippen LogP contribution is -2.37. The Bertz CT molecular complexity index is 457. The van der Waals surface area contributed by atoms with Crippen LogP contribution in [0.3, 0.4) is 0 Å². The maximum Gasteiger partial charge on any atom is 0.127 e. The zero-order valence-corrected chi connectivity index (χ0v) is 12.1. The first-order chi connectivity index (χ1) is 9.22. The van der Waals surface area contributed by atoms with Gasteiger partial charge in [0.25, 0.3) is 0 Å². The quantitative estimate of drug-likeness (QED) is 0.888. The Morgan fingerprint density at radius 1 is 1.42 bits per heavy atom. The molecule has 19 heavy (non-hydrogen) atoms. The Morgan fingerprint density at radius 2 is 2.21 bits per heavy atom. The van der Waals surface area contributed by atoms with Gasteiger partial charge in [-0.3, -0.25) is 0 Å². The minimum Gasteiger partial charge on any atom is -0.508 e. The van der Waals surface area contributed by atoms with Gasteiger partial charge in [0.15, 0.2) is 0 Å². The van der Waals surface area contributed by atoms with E-state index < -0.39 is 0 Å². The largest absolute Gasteiger partial charge is 0.508 e. The average molecular weight is 279 g/mol. The molecule has 1 atom stereocenters. The summed E-state index contributed by atoms with van der Waals surface area (Å²) >= 11 is 2.00. The Morgan fingerprint density at radius 3 is 2.95 bits per heavy atom. The van der Waals surface area contributed by atoms with Gasteiger partial charge in [-0.05, 0) is 31.2 Å². The first-order valence-corrected chi connectivity index (χ1v) is 8.19. The summed E-state index contributed by atoms with van der Waals surface area (Å²) in [5.41, 5.74) is 1.17. The van der Waals surface area contributed by atoms with Crippen LogP contribution in [0, 0.1) is 0 Å². The molecule has 0 amide bonds. The topological polar surface area (TPSA) is 41.5 Å². The van der Waals surface area contributed by atoms with Gasteiger partial charge >= 0.3 is 0 Å². The van der Waals surface area contributed by atoms with E-state index in [1.54, 1.807) is 12.1 Å². The Labute approximate surface area is 118 Å². The lowest BCUT2D eigenvalue weighted by molar-refractivity contribution is 0.305. The van der Waals surface area contributed by atoms with Crippen LogP contribution in [-0.2, 0) is 0 Å². The highest BCUT2D eigenvalue weighted by molar-refractivity contribution is 8.00. The summed E-state index contributed by atoms with van der Waals surface area (Å²) in [6, 6.07) is 5.68. The Kier molecular flexibility index (Phi) is 3.63. The van der Waals surface area contributed by atoms with E-state index in [1.807, 2.05) is 17.8 Å². The smallest absolute Gasteiger partial charge is 0.127 e. The fraction of sp³-hybridized carbons (Fsp3) is 0.600. The molecule has 2 aliphatic rings. The summed E-state index contributed by atoms with van der Waals surface area (Å²) in [5, 5.41) is 13.1. The lowest BCUT2D eigenvalue weighted by atomic mass is 10.0. The van der Waals surface area contributed by atoms with Crippen molar-refractivity contribution in [2.45, 2.75) is 36.5 Å². The number of phenolic OH excluding ortho intramolecular Hbond substituents is 1. The first-order valence-electron chi connectivity index (χ1n) is 6.97. The van der Waals surface area contributed by atoms with E-state index in [4.69, 9.17) is 4.74 Å². The highest BCUT2D eigenvalue weighted by Gasteiger charge is 2.34. The number of hydrogen-bond donors (Lipinski definition) is 2. The molecule has 2 N–H and O–H groups in total. The van der Waals surface area contributed by atoms with Crippen molar-refractivity contribution in [2.75, 3.05) is 19.4 Å². The molecule has 1 unspecified atom stereocenters. The van der Waals surface area contributed by atoms with Crippen LogP contribution in [0.1, 0.15) is 37.3 Å². The molecular formula is C15H21NO2S. The van der Waals surface area contributed by atoms with Gasteiger partial charge in [-0.2, -0.15) is 11.8 Å². The number of ether oxygens (including phenoxy) is 1. The molecule has 4 heteroatoms. The predicted molar refractivity (Wildman–Crippen MR) is 79.1 cm³/mol. The fourth-order valence-corrected chi connectivity index (χ4v) is 4.07. The number of nitrogens with one attached hydrogen (secondary N) is 1. The van der Waals surface area contributed by atoms with Gasteiger partial charge in [-0.1, -0.05) is 12.8 Å². The maximum absolute atomic E-state index is 9.46. The molecule has 0 bridgehead atoms. The van der Waals surface area contributed by atoms with Gasteiger partial charge in [0.2, 0.25) is 0 Å². The van der Waals surface area contributed by atoms with E-state index in [-0.39, 0.29) is 11.8 Å². The van der Waals surface area contributed by atoms with E-state index in [9.17, 15) is 5.11 Å². The molecule has 1 saturated carbocycles. The van der Waals surface area contributed by atoms with Crippen molar-refractivity contribution < 1.29 is 9.84 Å². The van der Waals surface area contributed by atoms with Crippen LogP contribution in [-0.4, -0.2) is 29.3 Å². The summed E-state index contributed by atoms with van der Waals surface area (Å²) in [6.45, 7) is 1.71. The van der Waals surface area contributed by atoms with Crippen LogP contribution in [0.5, 0.6) is 11.5 Å². The van der Waals surface area contributed by atoms with Crippen molar-refractivity contribution in [3.05, 3.63) is 23.8 Å². The van der Waals surface area contributed by atoms with Crippen molar-refractivity contribution >= 4 is 11.8 Å². The summed E-state index contributed by atoms with van der Waals surface area (Å²) in [5.74, 6) is 1.10. The van der Waals surface area contributed by atoms with E-state index in [1.165, 1.54) is 31.2 Å². The molecule has 1 aliphatic carbocycles. The summed E-state index contributed by atoms with van der Waals surface area (Å²) in [4.78, 5) is 0. The second kappa shape index (κ2) is 5.25. The number of phenols is 1. The van der Waals surface area contributed by atoms with Gasteiger partial charge in [0.05, 0.1) is 6.04 Å². The van der Waals surface area contributed by atoms with Crippen LogP contribution in [0.25, 0.3) is 0 Å². The molecule has 1 fully saturated rings. The second-order valence-corrected chi connectivity index (χ2v) is 6.84. The molecular weight excluding hydrogens is 258 g/mol. The molecule has 1 heterocycles. The van der Waals surface area contributed by atoms with Gasteiger partial charge in [0, 0.05) is 22.9 Å². The third-order valence-electron chi connectivity index (χ3n) is 4.40. The normalized spacial score (nSPS) is 24.2. The van der Waals surface area contributed by atoms with Crippen LogP contribution in [0.2, 0.25) is 0 Å². The van der Waals surface area contributed by atoms with Crippen LogP contribution in [0.4, 0.5) is 0 Å². The van der Waals surface area contributed by atoms with Crippen molar-refractivity contribution in [1.82, 2.24) is 5.32 Å². The SMILES string of the molecule is CSC1(CNC2COc3cc(O)ccc32)CCCC1. The van der Waals surface area contributed by atoms with Crippen molar-refractivity contribution in [3.8, 4) is 11.5 Å². The standard InChI is InChI=1S/C15H21NO2S/c1-19-15(6-2-3-7-15)10-16-13-9-18-14-8-11(17)4-5-12(13)14/h4-5,8,13,16-17H,2-3,6-7,9-10H2,1H3. The van der Waals surface area contributed by atoms with E-state index in [2.05, 4.69) is 11.6 Å². The maximum atomic E-state index is 9.46. The van der Waals surface area contributed by atoms with E-state index in [0.717, 1.165) is 12.3 Å². The monoisotopic (exact) mass is 279 g/mol. The summed E-state index contributed by atoms with van der Waals surface area (Å²) < 4.78 is 6.06. The average Bonchev–Trinajstić information content (AvgIpc) is 3.03. The van der Waals surface area contributed by atoms with E-state index in [0.29, 0.717) is 11.4 Å². The zero-order valence-electron chi connectivity index (χ0n) is 11.3. The molecule has 0 aromatic heterocycles. The van der Waals surface area contributed by atoms with Crippen LogP contribution in [0.15, 0.2) is 18.2 Å². The van der Waals surface area contributed by atoms with Gasteiger partial charge in [-0.15, -0.1) is 0 Å². The molecule has 1 aliphatic heterocycles.